The molecule has 0 spiro atoms. The van der Waals surface area contributed by atoms with E-state index in [2.05, 4.69) is 46.7 Å². The van der Waals surface area contributed by atoms with Gasteiger partial charge in [-0.2, -0.15) is 5.10 Å². The van der Waals surface area contributed by atoms with Crippen LogP contribution in [-0.2, 0) is 13.0 Å². The van der Waals surface area contributed by atoms with Crippen LogP contribution in [0.4, 0.5) is 5.69 Å². The van der Waals surface area contributed by atoms with Crippen LogP contribution in [-0.4, -0.2) is 10.2 Å². The van der Waals surface area contributed by atoms with Crippen LogP contribution >= 0.6 is 0 Å². The number of nitrogens with one attached hydrogen (secondary N) is 2. The number of aromatic amines is 1. The van der Waals surface area contributed by atoms with Gasteiger partial charge in [-0.05, 0) is 17.5 Å². The third kappa shape index (κ3) is 2.37. The zero-order valence-corrected chi connectivity index (χ0v) is 8.83. The monoisotopic (exact) mass is 201 g/mol. The molecule has 3 heteroatoms. The molecule has 2 aromatic rings. The lowest BCUT2D eigenvalue weighted by molar-refractivity contribution is 1.04. The first-order chi connectivity index (χ1) is 7.40. The Morgan fingerprint density at radius 3 is 2.73 bits per heavy atom. The van der Waals surface area contributed by atoms with Crippen LogP contribution in [0.15, 0.2) is 36.7 Å². The molecule has 2 N–H and O–H groups in total. The molecule has 1 heterocycles. The summed E-state index contributed by atoms with van der Waals surface area (Å²) in [5.74, 6) is 0. The van der Waals surface area contributed by atoms with Crippen LogP contribution < -0.4 is 5.32 Å². The van der Waals surface area contributed by atoms with Crippen molar-refractivity contribution in [1.82, 2.24) is 10.2 Å². The van der Waals surface area contributed by atoms with Gasteiger partial charge in [-0.15, -0.1) is 0 Å². The Bertz CT molecular complexity index is 407. The molecular formula is C12H15N3. The van der Waals surface area contributed by atoms with Crippen LogP contribution in [0.2, 0.25) is 0 Å². The second kappa shape index (κ2) is 4.64. The minimum atomic E-state index is 0.851. The van der Waals surface area contributed by atoms with E-state index in [0.29, 0.717) is 0 Å². The van der Waals surface area contributed by atoms with Gasteiger partial charge in [0.1, 0.15) is 0 Å². The fourth-order valence-electron chi connectivity index (χ4n) is 1.62. The van der Waals surface area contributed by atoms with E-state index >= 15 is 0 Å². The predicted octanol–water partition coefficient (Wildman–Crippen LogP) is 2.58. The third-order valence-electron chi connectivity index (χ3n) is 2.48. The normalized spacial score (nSPS) is 10.2. The van der Waals surface area contributed by atoms with Gasteiger partial charge in [-0.25, -0.2) is 0 Å². The summed E-state index contributed by atoms with van der Waals surface area (Å²) in [7, 11) is 0. The van der Waals surface area contributed by atoms with E-state index in [-0.39, 0.29) is 0 Å². The number of hydrogen-bond donors (Lipinski definition) is 2. The summed E-state index contributed by atoms with van der Waals surface area (Å²) < 4.78 is 0. The van der Waals surface area contributed by atoms with Gasteiger partial charge in [0, 0.05) is 12.7 Å². The molecule has 0 aliphatic carbocycles. The summed E-state index contributed by atoms with van der Waals surface area (Å²) in [6, 6.07) is 8.49. The van der Waals surface area contributed by atoms with Crippen LogP contribution in [0.5, 0.6) is 0 Å². The molecule has 3 nitrogen and oxygen atoms in total. The second-order valence-corrected chi connectivity index (χ2v) is 3.46. The number of anilines is 1. The van der Waals surface area contributed by atoms with Crippen LogP contribution in [0.3, 0.4) is 0 Å². The van der Waals surface area contributed by atoms with Crippen molar-refractivity contribution in [3.63, 3.8) is 0 Å². The first-order valence-corrected chi connectivity index (χ1v) is 5.19. The van der Waals surface area contributed by atoms with Crippen molar-refractivity contribution >= 4 is 5.69 Å². The lowest BCUT2D eigenvalue weighted by Crippen LogP contribution is -2.01. The number of hydrogen-bond acceptors (Lipinski definition) is 2. The van der Waals surface area contributed by atoms with E-state index in [1.165, 1.54) is 11.1 Å². The van der Waals surface area contributed by atoms with Crippen LogP contribution in [0.25, 0.3) is 0 Å². The fourth-order valence-corrected chi connectivity index (χ4v) is 1.62. The number of nitrogens with zero attached hydrogens (tertiary/aromatic N) is 1. The Balaban J connectivity index is 2.04. The first kappa shape index (κ1) is 9.77. The largest absolute Gasteiger partial charge is 0.378 e. The number of aryl methyl sites for hydroxylation is 1. The molecule has 0 bridgehead atoms. The minimum Gasteiger partial charge on any atom is -0.378 e. The van der Waals surface area contributed by atoms with E-state index in [4.69, 9.17) is 0 Å². The van der Waals surface area contributed by atoms with Crippen molar-refractivity contribution in [2.45, 2.75) is 19.9 Å². The Kier molecular flexibility index (Phi) is 3.02. The van der Waals surface area contributed by atoms with Crippen molar-refractivity contribution in [3.8, 4) is 0 Å². The average Bonchev–Trinajstić information content (AvgIpc) is 2.79. The molecule has 0 unspecified atom stereocenters. The first-order valence-electron chi connectivity index (χ1n) is 5.19. The molecule has 2 rings (SSSR count). The number of H-pyrrole nitrogens is 1. The molecule has 0 fully saturated rings. The van der Waals surface area contributed by atoms with Gasteiger partial charge in [0.25, 0.3) is 0 Å². The van der Waals surface area contributed by atoms with E-state index in [9.17, 15) is 0 Å². The van der Waals surface area contributed by atoms with E-state index in [0.717, 1.165) is 18.7 Å². The Morgan fingerprint density at radius 2 is 2.07 bits per heavy atom. The van der Waals surface area contributed by atoms with Crippen molar-refractivity contribution in [3.05, 3.63) is 47.8 Å². The third-order valence-corrected chi connectivity index (χ3v) is 2.48. The van der Waals surface area contributed by atoms with Crippen LogP contribution in [0.1, 0.15) is 18.1 Å². The van der Waals surface area contributed by atoms with E-state index < -0.39 is 0 Å². The molecule has 0 radical (unpaired) electrons. The topological polar surface area (TPSA) is 40.7 Å². The molecule has 0 saturated heterocycles. The molecule has 1 aromatic heterocycles. The molecule has 1 aromatic carbocycles. The second-order valence-electron chi connectivity index (χ2n) is 3.46. The molecular weight excluding hydrogens is 186 g/mol. The van der Waals surface area contributed by atoms with Gasteiger partial charge in [0.15, 0.2) is 0 Å². The van der Waals surface area contributed by atoms with Crippen molar-refractivity contribution in [2.75, 3.05) is 5.32 Å². The maximum atomic E-state index is 3.89. The number of benzene rings is 1. The Labute approximate surface area is 89.5 Å². The standard InChI is InChI=1S/C12H15N3/c1-2-10-5-3-4-6-11(10)7-13-12-8-14-15-9-12/h3-6,8-9,13H,2,7H2,1H3,(H,14,15). The summed E-state index contributed by atoms with van der Waals surface area (Å²) in [6.07, 6.45) is 4.71. The molecule has 15 heavy (non-hydrogen) atoms. The number of aromatic nitrogens is 2. The summed E-state index contributed by atoms with van der Waals surface area (Å²) in [4.78, 5) is 0. The minimum absolute atomic E-state index is 0.851. The molecule has 0 atom stereocenters. The highest BCUT2D eigenvalue weighted by atomic mass is 15.1. The van der Waals surface area contributed by atoms with Gasteiger partial charge in [0.05, 0.1) is 11.9 Å². The maximum absolute atomic E-state index is 3.89. The lowest BCUT2D eigenvalue weighted by Gasteiger charge is -2.08. The predicted molar refractivity (Wildman–Crippen MR) is 61.7 cm³/mol. The Hall–Kier alpha value is -1.77. The van der Waals surface area contributed by atoms with Gasteiger partial charge < -0.3 is 5.32 Å². The molecule has 78 valence electrons. The summed E-state index contributed by atoms with van der Waals surface area (Å²) in [5.41, 5.74) is 3.77. The number of rotatable bonds is 4. The van der Waals surface area contributed by atoms with Gasteiger partial charge in [0.2, 0.25) is 0 Å². The molecule has 0 saturated carbocycles. The quantitative estimate of drug-likeness (QED) is 0.798. The van der Waals surface area contributed by atoms with Crippen molar-refractivity contribution < 1.29 is 0 Å². The molecule has 0 aliphatic heterocycles. The summed E-state index contributed by atoms with van der Waals surface area (Å²) in [6.45, 7) is 3.03. The zero-order chi connectivity index (χ0) is 10.5. The van der Waals surface area contributed by atoms with E-state index in [1.54, 1.807) is 6.20 Å². The molecule has 0 amide bonds. The summed E-state index contributed by atoms with van der Waals surface area (Å²) >= 11 is 0. The van der Waals surface area contributed by atoms with Gasteiger partial charge >= 0.3 is 0 Å². The van der Waals surface area contributed by atoms with Crippen molar-refractivity contribution in [2.24, 2.45) is 0 Å². The zero-order valence-electron chi connectivity index (χ0n) is 8.83. The lowest BCUT2D eigenvalue weighted by atomic mass is 10.1. The smallest absolute Gasteiger partial charge is 0.0726 e. The highest BCUT2D eigenvalue weighted by Crippen LogP contribution is 2.11. The SMILES string of the molecule is CCc1ccccc1CNc1cn[nH]c1. The maximum Gasteiger partial charge on any atom is 0.0726 e. The van der Waals surface area contributed by atoms with Gasteiger partial charge in [-0.1, -0.05) is 31.2 Å². The average molecular weight is 201 g/mol. The highest BCUT2D eigenvalue weighted by molar-refractivity contribution is 5.40. The highest BCUT2D eigenvalue weighted by Gasteiger charge is 1.99. The van der Waals surface area contributed by atoms with Crippen molar-refractivity contribution in [1.29, 1.82) is 0 Å². The van der Waals surface area contributed by atoms with Crippen LogP contribution in [0, 0.1) is 0 Å². The van der Waals surface area contributed by atoms with E-state index in [1.807, 2.05) is 6.20 Å². The Morgan fingerprint density at radius 1 is 1.27 bits per heavy atom. The summed E-state index contributed by atoms with van der Waals surface area (Å²) in [5, 5.41) is 9.99. The fraction of sp³-hybridized carbons (Fsp3) is 0.250. The van der Waals surface area contributed by atoms with Gasteiger partial charge in [-0.3, -0.25) is 5.10 Å². The molecule has 0 aliphatic rings.